The van der Waals surface area contributed by atoms with Gasteiger partial charge in [-0.1, -0.05) is 12.1 Å². The second-order valence-corrected chi connectivity index (χ2v) is 4.39. The zero-order chi connectivity index (χ0) is 11.5. The number of amides is 1. The van der Waals surface area contributed by atoms with E-state index in [2.05, 4.69) is 12.1 Å². The van der Waals surface area contributed by atoms with Gasteiger partial charge < -0.3 is 9.42 Å². The molecule has 1 atom stereocenters. The molecule has 0 spiro atoms. The van der Waals surface area contributed by atoms with Crippen molar-refractivity contribution in [1.29, 1.82) is 0 Å². The van der Waals surface area contributed by atoms with Crippen molar-refractivity contribution in [2.24, 2.45) is 0 Å². The number of aryl methyl sites for hydroxylation is 1. The first kappa shape index (κ1) is 11.2. The lowest BCUT2D eigenvalue weighted by Crippen LogP contribution is -2.43. The molecule has 2 heterocycles. The number of hydrogen-bond acceptors (Lipinski definition) is 3. The van der Waals surface area contributed by atoms with Crippen molar-refractivity contribution in [2.75, 3.05) is 6.54 Å². The Bertz CT molecular complexity index is 373. The second-order valence-electron chi connectivity index (χ2n) is 4.39. The van der Waals surface area contributed by atoms with Crippen LogP contribution in [0.15, 0.2) is 10.6 Å². The fourth-order valence-electron chi connectivity index (χ4n) is 2.30. The molecule has 1 saturated heterocycles. The molecule has 1 amide bonds. The monoisotopic (exact) mass is 222 g/mol. The molecule has 1 aromatic heterocycles. The maximum absolute atomic E-state index is 12.2. The molecule has 0 N–H and O–H groups in total. The van der Waals surface area contributed by atoms with Crippen molar-refractivity contribution in [3.63, 3.8) is 0 Å². The van der Waals surface area contributed by atoms with Gasteiger partial charge in [-0.25, -0.2) is 0 Å². The molecule has 1 aliphatic heterocycles. The highest BCUT2D eigenvalue weighted by Crippen LogP contribution is 2.21. The standard InChI is InChI=1S/C12H18N2O2/c1-3-10-6-4-5-7-14(10)12(15)11-8-9(2)13-16-11/h8,10H,3-7H2,1-2H3/t10-/m0/s1. The van der Waals surface area contributed by atoms with E-state index >= 15 is 0 Å². The smallest absolute Gasteiger partial charge is 0.292 e. The average Bonchev–Trinajstić information content (AvgIpc) is 2.75. The van der Waals surface area contributed by atoms with Gasteiger partial charge in [-0.15, -0.1) is 0 Å². The molecule has 16 heavy (non-hydrogen) atoms. The minimum atomic E-state index is -0.00727. The number of carbonyl (C=O) groups excluding carboxylic acids is 1. The van der Waals surface area contributed by atoms with Gasteiger partial charge in [0.2, 0.25) is 5.76 Å². The van der Waals surface area contributed by atoms with E-state index in [1.807, 2.05) is 11.8 Å². The van der Waals surface area contributed by atoms with Crippen LogP contribution in [0.5, 0.6) is 0 Å². The molecule has 0 aromatic carbocycles. The molecule has 0 saturated carbocycles. The Morgan fingerprint density at radius 2 is 2.44 bits per heavy atom. The predicted octanol–water partition coefficient (Wildman–Crippen LogP) is 2.39. The van der Waals surface area contributed by atoms with E-state index in [1.165, 1.54) is 6.42 Å². The summed E-state index contributed by atoms with van der Waals surface area (Å²) in [5.41, 5.74) is 0.758. The van der Waals surface area contributed by atoms with E-state index in [1.54, 1.807) is 6.07 Å². The summed E-state index contributed by atoms with van der Waals surface area (Å²) >= 11 is 0. The average molecular weight is 222 g/mol. The van der Waals surface area contributed by atoms with Crippen molar-refractivity contribution in [1.82, 2.24) is 10.1 Å². The first-order valence-corrected chi connectivity index (χ1v) is 5.96. The highest BCUT2D eigenvalue weighted by Gasteiger charge is 2.28. The number of likely N-dealkylation sites (tertiary alicyclic amines) is 1. The normalized spacial score (nSPS) is 21.1. The van der Waals surface area contributed by atoms with Crippen LogP contribution in [0.3, 0.4) is 0 Å². The Labute approximate surface area is 95.6 Å². The molecular weight excluding hydrogens is 204 g/mol. The van der Waals surface area contributed by atoms with Gasteiger partial charge in [-0.2, -0.15) is 0 Å². The van der Waals surface area contributed by atoms with E-state index < -0.39 is 0 Å². The molecule has 4 heteroatoms. The third-order valence-corrected chi connectivity index (χ3v) is 3.20. The Morgan fingerprint density at radius 1 is 1.62 bits per heavy atom. The highest BCUT2D eigenvalue weighted by atomic mass is 16.5. The SMILES string of the molecule is CC[C@H]1CCCCN1C(=O)c1cc(C)no1. The third kappa shape index (κ3) is 2.10. The van der Waals surface area contributed by atoms with Crippen LogP contribution >= 0.6 is 0 Å². The maximum Gasteiger partial charge on any atom is 0.292 e. The fourth-order valence-corrected chi connectivity index (χ4v) is 2.30. The Balaban J connectivity index is 2.13. The van der Waals surface area contributed by atoms with Crippen LogP contribution in [-0.2, 0) is 0 Å². The van der Waals surface area contributed by atoms with Gasteiger partial charge >= 0.3 is 0 Å². The molecule has 1 aliphatic rings. The number of piperidine rings is 1. The summed E-state index contributed by atoms with van der Waals surface area (Å²) in [6, 6.07) is 2.08. The van der Waals surface area contributed by atoms with Gasteiger partial charge in [-0.05, 0) is 32.6 Å². The van der Waals surface area contributed by atoms with Crippen LogP contribution in [-0.4, -0.2) is 28.6 Å². The summed E-state index contributed by atoms with van der Waals surface area (Å²) in [5, 5.41) is 3.76. The lowest BCUT2D eigenvalue weighted by Gasteiger charge is -2.34. The van der Waals surface area contributed by atoms with Crippen molar-refractivity contribution >= 4 is 5.91 Å². The zero-order valence-corrected chi connectivity index (χ0v) is 9.90. The quantitative estimate of drug-likeness (QED) is 0.771. The van der Waals surface area contributed by atoms with Crippen LogP contribution in [0.4, 0.5) is 0 Å². The van der Waals surface area contributed by atoms with Gasteiger partial charge in [0.1, 0.15) is 0 Å². The maximum atomic E-state index is 12.2. The van der Waals surface area contributed by atoms with Crippen molar-refractivity contribution < 1.29 is 9.32 Å². The molecule has 0 unspecified atom stereocenters. The summed E-state index contributed by atoms with van der Waals surface area (Å²) in [5.74, 6) is 0.366. The summed E-state index contributed by atoms with van der Waals surface area (Å²) in [7, 11) is 0. The molecule has 1 aromatic rings. The Kier molecular flexibility index (Phi) is 3.27. The summed E-state index contributed by atoms with van der Waals surface area (Å²) < 4.78 is 5.03. The minimum Gasteiger partial charge on any atom is -0.351 e. The van der Waals surface area contributed by atoms with Gasteiger partial charge in [0.15, 0.2) is 0 Å². The highest BCUT2D eigenvalue weighted by molar-refractivity contribution is 5.91. The van der Waals surface area contributed by atoms with Gasteiger partial charge in [0.25, 0.3) is 5.91 Å². The molecule has 2 rings (SSSR count). The van der Waals surface area contributed by atoms with E-state index in [4.69, 9.17) is 4.52 Å². The third-order valence-electron chi connectivity index (χ3n) is 3.20. The fraction of sp³-hybridized carbons (Fsp3) is 0.667. The Hall–Kier alpha value is -1.32. The molecule has 0 bridgehead atoms. The number of nitrogens with zero attached hydrogens (tertiary/aromatic N) is 2. The van der Waals surface area contributed by atoms with Crippen LogP contribution in [0.2, 0.25) is 0 Å². The summed E-state index contributed by atoms with van der Waals surface area (Å²) in [6.45, 7) is 4.80. The van der Waals surface area contributed by atoms with E-state index in [0.717, 1.165) is 31.5 Å². The van der Waals surface area contributed by atoms with Crippen LogP contribution in [0, 0.1) is 6.92 Å². The largest absolute Gasteiger partial charge is 0.351 e. The van der Waals surface area contributed by atoms with Crippen LogP contribution in [0.25, 0.3) is 0 Å². The first-order chi connectivity index (χ1) is 7.72. The van der Waals surface area contributed by atoms with Gasteiger partial charge in [0.05, 0.1) is 5.69 Å². The number of carbonyl (C=O) groups is 1. The zero-order valence-electron chi connectivity index (χ0n) is 9.90. The lowest BCUT2D eigenvalue weighted by molar-refractivity contribution is 0.0566. The van der Waals surface area contributed by atoms with Crippen LogP contribution in [0.1, 0.15) is 48.9 Å². The van der Waals surface area contributed by atoms with Gasteiger partial charge in [-0.3, -0.25) is 4.79 Å². The van der Waals surface area contributed by atoms with Crippen LogP contribution < -0.4 is 0 Å². The van der Waals surface area contributed by atoms with Crippen molar-refractivity contribution in [3.05, 3.63) is 17.5 Å². The lowest BCUT2D eigenvalue weighted by atomic mass is 10.00. The van der Waals surface area contributed by atoms with E-state index in [-0.39, 0.29) is 5.91 Å². The number of aromatic nitrogens is 1. The van der Waals surface area contributed by atoms with Gasteiger partial charge in [0, 0.05) is 18.7 Å². The second kappa shape index (κ2) is 4.68. The molecular formula is C12H18N2O2. The minimum absolute atomic E-state index is 0.00727. The van der Waals surface area contributed by atoms with E-state index in [0.29, 0.717) is 11.8 Å². The topological polar surface area (TPSA) is 46.3 Å². The molecule has 88 valence electrons. The molecule has 4 nitrogen and oxygen atoms in total. The molecule has 1 fully saturated rings. The number of hydrogen-bond donors (Lipinski definition) is 0. The Morgan fingerprint density at radius 3 is 3.06 bits per heavy atom. The molecule has 0 aliphatic carbocycles. The van der Waals surface area contributed by atoms with E-state index in [9.17, 15) is 4.79 Å². The predicted molar refractivity (Wildman–Crippen MR) is 60.2 cm³/mol. The summed E-state index contributed by atoms with van der Waals surface area (Å²) in [4.78, 5) is 14.1. The summed E-state index contributed by atoms with van der Waals surface area (Å²) in [6.07, 6.45) is 4.43. The van der Waals surface area contributed by atoms with Crippen molar-refractivity contribution in [2.45, 2.75) is 45.6 Å². The molecule has 0 radical (unpaired) electrons. The van der Waals surface area contributed by atoms with Crippen molar-refractivity contribution in [3.8, 4) is 0 Å². The number of rotatable bonds is 2. The first-order valence-electron chi connectivity index (χ1n) is 5.96.